The summed E-state index contributed by atoms with van der Waals surface area (Å²) in [5.74, 6) is -1.95. The van der Waals surface area contributed by atoms with Gasteiger partial charge in [-0.1, -0.05) is 12.1 Å². The molecule has 1 saturated heterocycles. The van der Waals surface area contributed by atoms with Gasteiger partial charge in [-0.05, 0) is 51.3 Å². The van der Waals surface area contributed by atoms with Gasteiger partial charge in [-0.15, -0.1) is 0 Å². The molecule has 0 radical (unpaired) electrons. The van der Waals surface area contributed by atoms with Crippen LogP contribution in [0.15, 0.2) is 18.2 Å². The topological polar surface area (TPSA) is 122 Å². The van der Waals surface area contributed by atoms with E-state index in [2.05, 4.69) is 10.6 Å². The van der Waals surface area contributed by atoms with Gasteiger partial charge in [0.2, 0.25) is 11.8 Å². The molecule has 1 atom stereocenters. The molecule has 4 amide bonds. The summed E-state index contributed by atoms with van der Waals surface area (Å²) in [6.45, 7) is 5.13. The van der Waals surface area contributed by atoms with E-state index in [-0.39, 0.29) is 24.3 Å². The highest BCUT2D eigenvalue weighted by atomic mass is 16.2. The van der Waals surface area contributed by atoms with E-state index in [0.29, 0.717) is 17.7 Å². The quantitative estimate of drug-likeness (QED) is 0.468. The smallest absolute Gasteiger partial charge is 0.262 e. The van der Waals surface area contributed by atoms with E-state index in [9.17, 15) is 19.2 Å². The van der Waals surface area contributed by atoms with Crippen LogP contribution in [-0.2, 0) is 16.1 Å². The predicted octanol–water partition coefficient (Wildman–Crippen LogP) is 0.695. The second-order valence-electron chi connectivity index (χ2n) is 8.06. The molecule has 3 rings (SSSR count). The number of nitrogens with zero attached hydrogens (tertiary/aromatic N) is 1. The summed E-state index contributed by atoms with van der Waals surface area (Å²) in [5, 5.41) is 5.49. The molecule has 1 aromatic carbocycles. The zero-order chi connectivity index (χ0) is 20.5. The van der Waals surface area contributed by atoms with Crippen LogP contribution in [0.1, 0.15) is 65.8 Å². The number of nitrogens with two attached hydrogens (primary N) is 1. The average molecular weight is 386 g/mol. The standard InChI is InChI=1S/C20H26N4O4/c1-20(2,21)9-4-10-22-11-12-5-3-6-13-16(12)19(28)24(18(13)27)14-7-8-15(25)23-17(14)26/h3,5-6,14,22H,4,7-11,21H2,1-2H3,(H,23,25,26). The van der Waals surface area contributed by atoms with Gasteiger partial charge < -0.3 is 11.1 Å². The molecule has 28 heavy (non-hydrogen) atoms. The van der Waals surface area contributed by atoms with E-state index in [1.54, 1.807) is 18.2 Å². The summed E-state index contributed by atoms with van der Waals surface area (Å²) in [4.78, 5) is 50.3. The Morgan fingerprint density at radius 1 is 1.21 bits per heavy atom. The number of fused-ring (bicyclic) bond motifs is 1. The largest absolute Gasteiger partial charge is 0.326 e. The number of carbonyl (C=O) groups is 4. The van der Waals surface area contributed by atoms with E-state index >= 15 is 0 Å². The van der Waals surface area contributed by atoms with Crippen molar-refractivity contribution in [2.45, 2.75) is 57.7 Å². The van der Waals surface area contributed by atoms with Crippen LogP contribution >= 0.6 is 0 Å². The number of piperidine rings is 1. The zero-order valence-corrected chi connectivity index (χ0v) is 16.2. The van der Waals surface area contributed by atoms with Crippen molar-refractivity contribution in [2.24, 2.45) is 5.73 Å². The van der Waals surface area contributed by atoms with Crippen LogP contribution in [0.25, 0.3) is 0 Å². The number of benzene rings is 1. The normalized spacial score (nSPS) is 19.8. The maximum atomic E-state index is 13.0. The molecule has 1 unspecified atom stereocenters. The van der Waals surface area contributed by atoms with Gasteiger partial charge in [-0.3, -0.25) is 29.4 Å². The van der Waals surface area contributed by atoms with Gasteiger partial charge in [-0.2, -0.15) is 0 Å². The van der Waals surface area contributed by atoms with E-state index in [1.807, 2.05) is 13.8 Å². The third-order valence-electron chi connectivity index (χ3n) is 5.04. The monoisotopic (exact) mass is 386 g/mol. The third kappa shape index (κ3) is 4.13. The summed E-state index contributed by atoms with van der Waals surface area (Å²) in [7, 11) is 0. The van der Waals surface area contributed by atoms with Crippen LogP contribution in [-0.4, -0.2) is 46.7 Å². The molecule has 0 aliphatic carbocycles. The molecule has 0 bridgehead atoms. The fourth-order valence-corrected chi connectivity index (χ4v) is 3.62. The van der Waals surface area contributed by atoms with Gasteiger partial charge in [0.1, 0.15) is 6.04 Å². The highest BCUT2D eigenvalue weighted by Crippen LogP contribution is 2.29. The molecule has 0 spiro atoms. The number of hydrogen-bond donors (Lipinski definition) is 3. The van der Waals surface area contributed by atoms with E-state index < -0.39 is 23.8 Å². The second-order valence-corrected chi connectivity index (χ2v) is 8.06. The third-order valence-corrected chi connectivity index (χ3v) is 5.04. The SMILES string of the molecule is CC(C)(N)CCCNCc1cccc2c1C(=O)N(C1CCC(=O)NC1=O)C2=O. The van der Waals surface area contributed by atoms with Gasteiger partial charge in [0.15, 0.2) is 0 Å². The second kappa shape index (κ2) is 7.81. The summed E-state index contributed by atoms with van der Waals surface area (Å²) in [6, 6.07) is 4.19. The Balaban J connectivity index is 1.71. The van der Waals surface area contributed by atoms with Crippen molar-refractivity contribution >= 4 is 23.6 Å². The van der Waals surface area contributed by atoms with Crippen molar-refractivity contribution in [1.82, 2.24) is 15.5 Å². The van der Waals surface area contributed by atoms with Crippen LogP contribution in [0.3, 0.4) is 0 Å². The van der Waals surface area contributed by atoms with Crippen molar-refractivity contribution < 1.29 is 19.2 Å². The lowest BCUT2D eigenvalue weighted by atomic mass is 10.00. The molecule has 4 N–H and O–H groups in total. The molecular weight excluding hydrogens is 360 g/mol. The van der Waals surface area contributed by atoms with Crippen LogP contribution in [0, 0.1) is 0 Å². The molecule has 0 aromatic heterocycles. The minimum absolute atomic E-state index is 0.107. The number of nitrogens with one attached hydrogen (secondary N) is 2. The summed E-state index contributed by atoms with van der Waals surface area (Å²) in [5.41, 5.74) is 7.11. The Labute approximate surface area is 163 Å². The van der Waals surface area contributed by atoms with Crippen molar-refractivity contribution in [3.63, 3.8) is 0 Å². The summed E-state index contributed by atoms with van der Waals surface area (Å²) >= 11 is 0. The highest BCUT2D eigenvalue weighted by Gasteiger charge is 2.45. The van der Waals surface area contributed by atoms with Gasteiger partial charge in [0.05, 0.1) is 11.1 Å². The molecule has 2 aliphatic heterocycles. The van der Waals surface area contributed by atoms with E-state index in [1.165, 1.54) is 0 Å². The molecule has 0 saturated carbocycles. The first kappa shape index (κ1) is 20.2. The fourth-order valence-electron chi connectivity index (χ4n) is 3.62. The maximum absolute atomic E-state index is 13.0. The highest BCUT2D eigenvalue weighted by molar-refractivity contribution is 6.24. The Morgan fingerprint density at radius 3 is 2.64 bits per heavy atom. The van der Waals surface area contributed by atoms with Gasteiger partial charge in [0, 0.05) is 18.5 Å². The van der Waals surface area contributed by atoms with Crippen molar-refractivity contribution in [3.05, 3.63) is 34.9 Å². The Hall–Kier alpha value is -2.58. The predicted molar refractivity (Wildman–Crippen MR) is 102 cm³/mol. The maximum Gasteiger partial charge on any atom is 0.262 e. The Morgan fingerprint density at radius 2 is 1.96 bits per heavy atom. The molecule has 1 fully saturated rings. The van der Waals surface area contributed by atoms with E-state index in [0.717, 1.165) is 29.8 Å². The van der Waals surface area contributed by atoms with Crippen LogP contribution in [0.5, 0.6) is 0 Å². The molecule has 2 heterocycles. The van der Waals surface area contributed by atoms with Crippen LogP contribution < -0.4 is 16.4 Å². The number of rotatable bonds is 7. The Bertz CT molecular complexity index is 828. The summed E-state index contributed by atoms with van der Waals surface area (Å²) in [6.07, 6.45) is 2.02. The zero-order valence-electron chi connectivity index (χ0n) is 16.2. The first-order valence-electron chi connectivity index (χ1n) is 9.52. The van der Waals surface area contributed by atoms with Gasteiger partial charge in [-0.25, -0.2) is 0 Å². The van der Waals surface area contributed by atoms with Crippen LogP contribution in [0.2, 0.25) is 0 Å². The lowest BCUT2D eigenvalue weighted by molar-refractivity contribution is -0.136. The van der Waals surface area contributed by atoms with Crippen molar-refractivity contribution in [1.29, 1.82) is 0 Å². The van der Waals surface area contributed by atoms with E-state index in [4.69, 9.17) is 5.73 Å². The molecular formula is C20H26N4O4. The molecule has 8 heteroatoms. The minimum atomic E-state index is -0.947. The van der Waals surface area contributed by atoms with Crippen molar-refractivity contribution in [2.75, 3.05) is 6.54 Å². The van der Waals surface area contributed by atoms with Crippen LogP contribution in [0.4, 0.5) is 0 Å². The summed E-state index contributed by atoms with van der Waals surface area (Å²) < 4.78 is 0. The van der Waals surface area contributed by atoms with Gasteiger partial charge >= 0.3 is 0 Å². The van der Waals surface area contributed by atoms with Crippen molar-refractivity contribution in [3.8, 4) is 0 Å². The number of amides is 4. The lowest BCUT2D eigenvalue weighted by Gasteiger charge is -2.27. The number of hydrogen-bond acceptors (Lipinski definition) is 6. The molecule has 2 aliphatic rings. The fraction of sp³-hybridized carbons (Fsp3) is 0.500. The van der Waals surface area contributed by atoms with Gasteiger partial charge in [0.25, 0.3) is 11.8 Å². The molecule has 8 nitrogen and oxygen atoms in total. The first-order valence-corrected chi connectivity index (χ1v) is 9.52. The Kier molecular flexibility index (Phi) is 5.62. The average Bonchev–Trinajstić information content (AvgIpc) is 2.86. The number of carbonyl (C=O) groups excluding carboxylic acids is 4. The minimum Gasteiger partial charge on any atom is -0.326 e. The molecule has 150 valence electrons. The number of imide groups is 2. The lowest BCUT2D eigenvalue weighted by Crippen LogP contribution is -2.54. The first-order chi connectivity index (χ1) is 13.2. The molecule has 1 aromatic rings.